The van der Waals surface area contributed by atoms with Crippen molar-refractivity contribution in [1.29, 1.82) is 0 Å². The zero-order valence-corrected chi connectivity index (χ0v) is 18.1. The fourth-order valence-electron chi connectivity index (χ4n) is 4.70. The standard InChI is InChI=1S/C25H29N3O3/c1-16-22(21-6-4-3-5-17(21)10-12-29)14-18-13-19(7-8-23(18)28-16)31-20-9-11-27-24(15-20)25(30)26-2/h7-9,11,13-15,17,21,29H,3-6,10,12H2,1-2H3,(H,26,30). The lowest BCUT2D eigenvalue weighted by atomic mass is 9.73. The fourth-order valence-corrected chi connectivity index (χ4v) is 4.70. The molecule has 2 heterocycles. The van der Waals surface area contributed by atoms with Gasteiger partial charge in [-0.05, 0) is 73.9 Å². The van der Waals surface area contributed by atoms with Gasteiger partial charge in [0.25, 0.3) is 5.91 Å². The maximum Gasteiger partial charge on any atom is 0.269 e. The van der Waals surface area contributed by atoms with Crippen LogP contribution in [0.4, 0.5) is 0 Å². The Bertz CT molecular complexity index is 1080. The number of hydrogen-bond donors (Lipinski definition) is 2. The summed E-state index contributed by atoms with van der Waals surface area (Å²) in [5.41, 5.74) is 3.60. The molecule has 0 aliphatic heterocycles. The minimum absolute atomic E-state index is 0.239. The van der Waals surface area contributed by atoms with Crippen molar-refractivity contribution in [2.24, 2.45) is 5.92 Å². The highest BCUT2D eigenvalue weighted by Gasteiger charge is 2.27. The van der Waals surface area contributed by atoms with E-state index in [-0.39, 0.29) is 12.5 Å². The number of fused-ring (bicyclic) bond motifs is 1. The first kappa shape index (κ1) is 21.2. The van der Waals surface area contributed by atoms with Crippen LogP contribution in [0.1, 0.15) is 59.8 Å². The molecule has 0 spiro atoms. The van der Waals surface area contributed by atoms with Gasteiger partial charge in [-0.3, -0.25) is 14.8 Å². The van der Waals surface area contributed by atoms with Crippen molar-refractivity contribution in [2.75, 3.05) is 13.7 Å². The molecule has 1 saturated carbocycles. The number of aliphatic hydroxyl groups is 1. The molecule has 0 radical (unpaired) electrons. The minimum Gasteiger partial charge on any atom is -0.457 e. The van der Waals surface area contributed by atoms with Gasteiger partial charge in [-0.1, -0.05) is 12.8 Å². The number of rotatable bonds is 6. The molecule has 6 heteroatoms. The summed E-state index contributed by atoms with van der Waals surface area (Å²) in [6.07, 6.45) is 7.19. The zero-order chi connectivity index (χ0) is 21.8. The highest BCUT2D eigenvalue weighted by molar-refractivity contribution is 5.92. The van der Waals surface area contributed by atoms with Crippen LogP contribution in [0.25, 0.3) is 10.9 Å². The zero-order valence-electron chi connectivity index (χ0n) is 18.1. The Balaban J connectivity index is 1.64. The number of ether oxygens (including phenoxy) is 1. The Labute approximate surface area is 182 Å². The summed E-state index contributed by atoms with van der Waals surface area (Å²) in [6.45, 7) is 2.32. The quantitative estimate of drug-likeness (QED) is 0.602. The largest absolute Gasteiger partial charge is 0.457 e. The molecule has 0 bridgehead atoms. The third-order valence-electron chi connectivity index (χ3n) is 6.25. The molecule has 1 fully saturated rings. The number of aromatic nitrogens is 2. The van der Waals surface area contributed by atoms with Crippen molar-refractivity contribution in [3.8, 4) is 11.5 Å². The molecule has 4 rings (SSSR count). The topological polar surface area (TPSA) is 84.3 Å². The van der Waals surface area contributed by atoms with Crippen molar-refractivity contribution in [2.45, 2.75) is 44.9 Å². The van der Waals surface area contributed by atoms with Crippen LogP contribution in [0.3, 0.4) is 0 Å². The molecule has 1 aliphatic rings. The molecule has 2 N–H and O–H groups in total. The van der Waals surface area contributed by atoms with Gasteiger partial charge < -0.3 is 15.2 Å². The predicted octanol–water partition coefficient (Wildman–Crippen LogP) is 4.75. The van der Waals surface area contributed by atoms with E-state index in [4.69, 9.17) is 9.72 Å². The second-order valence-corrected chi connectivity index (χ2v) is 8.24. The number of nitrogens with one attached hydrogen (secondary N) is 1. The van der Waals surface area contributed by atoms with E-state index in [1.54, 1.807) is 25.4 Å². The van der Waals surface area contributed by atoms with Gasteiger partial charge in [-0.25, -0.2) is 0 Å². The Morgan fingerprint density at radius 1 is 1.16 bits per heavy atom. The number of carbonyl (C=O) groups is 1. The number of nitrogens with zero attached hydrogens (tertiary/aromatic N) is 2. The first-order chi connectivity index (χ1) is 15.1. The molecule has 2 unspecified atom stereocenters. The van der Waals surface area contributed by atoms with E-state index in [0.29, 0.717) is 29.0 Å². The SMILES string of the molecule is CNC(=O)c1cc(Oc2ccc3nc(C)c(C4CCCCC4CCO)cc3c2)ccn1. The number of benzene rings is 1. The molecule has 2 atom stereocenters. The van der Waals surface area contributed by atoms with Crippen molar-refractivity contribution in [3.05, 3.63) is 59.5 Å². The lowest BCUT2D eigenvalue weighted by Gasteiger charge is -2.32. The van der Waals surface area contributed by atoms with Crippen LogP contribution in [-0.4, -0.2) is 34.6 Å². The van der Waals surface area contributed by atoms with Crippen molar-refractivity contribution >= 4 is 16.8 Å². The molecule has 1 aromatic carbocycles. The van der Waals surface area contributed by atoms with E-state index < -0.39 is 0 Å². The fraction of sp³-hybridized carbons (Fsp3) is 0.400. The summed E-state index contributed by atoms with van der Waals surface area (Å²) in [5.74, 6) is 1.95. The minimum atomic E-state index is -0.252. The Morgan fingerprint density at radius 2 is 1.97 bits per heavy atom. The molecule has 1 aliphatic carbocycles. The maximum absolute atomic E-state index is 11.8. The van der Waals surface area contributed by atoms with Gasteiger partial charge in [0.1, 0.15) is 17.2 Å². The van der Waals surface area contributed by atoms with Crippen LogP contribution in [0, 0.1) is 12.8 Å². The molecular formula is C25H29N3O3. The molecule has 1 amide bonds. The van der Waals surface area contributed by atoms with Crippen molar-refractivity contribution in [3.63, 3.8) is 0 Å². The number of pyridine rings is 2. The second-order valence-electron chi connectivity index (χ2n) is 8.24. The van der Waals surface area contributed by atoms with E-state index >= 15 is 0 Å². The average Bonchev–Trinajstić information content (AvgIpc) is 2.79. The van der Waals surface area contributed by atoms with E-state index in [1.165, 1.54) is 24.8 Å². The lowest BCUT2D eigenvalue weighted by molar-refractivity contribution is 0.0958. The van der Waals surface area contributed by atoms with E-state index in [2.05, 4.69) is 23.3 Å². The first-order valence-corrected chi connectivity index (χ1v) is 11.0. The van der Waals surface area contributed by atoms with Gasteiger partial charge in [-0.2, -0.15) is 0 Å². The Kier molecular flexibility index (Phi) is 6.47. The number of aliphatic hydroxyl groups excluding tert-OH is 1. The van der Waals surface area contributed by atoms with Crippen LogP contribution >= 0.6 is 0 Å². The summed E-state index contributed by atoms with van der Waals surface area (Å²) in [6, 6.07) is 11.5. The Morgan fingerprint density at radius 3 is 2.77 bits per heavy atom. The van der Waals surface area contributed by atoms with E-state index in [0.717, 1.165) is 29.4 Å². The smallest absolute Gasteiger partial charge is 0.269 e. The lowest BCUT2D eigenvalue weighted by Crippen LogP contribution is -2.20. The predicted molar refractivity (Wildman–Crippen MR) is 121 cm³/mol. The number of aryl methyl sites for hydroxylation is 1. The van der Waals surface area contributed by atoms with Crippen LogP contribution in [0.5, 0.6) is 11.5 Å². The third kappa shape index (κ3) is 4.69. The first-order valence-electron chi connectivity index (χ1n) is 11.0. The number of carbonyl (C=O) groups excluding carboxylic acids is 1. The number of hydrogen-bond acceptors (Lipinski definition) is 5. The van der Waals surface area contributed by atoms with Gasteiger partial charge in [0.2, 0.25) is 0 Å². The number of amides is 1. The Hall–Kier alpha value is -2.99. The van der Waals surface area contributed by atoms with Crippen LogP contribution < -0.4 is 10.1 Å². The molecule has 162 valence electrons. The van der Waals surface area contributed by atoms with Crippen LogP contribution in [0.15, 0.2) is 42.6 Å². The van der Waals surface area contributed by atoms with Gasteiger partial charge in [-0.15, -0.1) is 0 Å². The van der Waals surface area contributed by atoms with Crippen LogP contribution in [-0.2, 0) is 0 Å². The van der Waals surface area contributed by atoms with E-state index in [1.807, 2.05) is 18.2 Å². The average molecular weight is 420 g/mol. The van der Waals surface area contributed by atoms with Gasteiger partial charge in [0.15, 0.2) is 0 Å². The van der Waals surface area contributed by atoms with Gasteiger partial charge >= 0.3 is 0 Å². The van der Waals surface area contributed by atoms with Gasteiger partial charge in [0, 0.05) is 37.0 Å². The third-order valence-corrected chi connectivity index (χ3v) is 6.25. The summed E-state index contributed by atoms with van der Waals surface area (Å²) >= 11 is 0. The molecular weight excluding hydrogens is 390 g/mol. The summed E-state index contributed by atoms with van der Waals surface area (Å²) < 4.78 is 6.02. The second kappa shape index (κ2) is 9.43. The van der Waals surface area contributed by atoms with Crippen LogP contribution in [0.2, 0.25) is 0 Å². The monoisotopic (exact) mass is 419 g/mol. The maximum atomic E-state index is 11.8. The normalized spacial score (nSPS) is 18.7. The molecule has 31 heavy (non-hydrogen) atoms. The van der Waals surface area contributed by atoms with Crippen molar-refractivity contribution < 1.29 is 14.6 Å². The highest BCUT2D eigenvalue weighted by Crippen LogP contribution is 2.41. The van der Waals surface area contributed by atoms with E-state index in [9.17, 15) is 9.90 Å². The molecule has 6 nitrogen and oxygen atoms in total. The molecule has 2 aromatic heterocycles. The highest BCUT2D eigenvalue weighted by atomic mass is 16.5. The summed E-state index contributed by atoms with van der Waals surface area (Å²) in [5, 5.41) is 13.1. The molecule has 3 aromatic rings. The summed E-state index contributed by atoms with van der Waals surface area (Å²) in [7, 11) is 1.57. The molecule has 0 saturated heterocycles. The van der Waals surface area contributed by atoms with Gasteiger partial charge in [0.05, 0.1) is 5.52 Å². The van der Waals surface area contributed by atoms with Crippen molar-refractivity contribution in [1.82, 2.24) is 15.3 Å². The summed E-state index contributed by atoms with van der Waals surface area (Å²) in [4.78, 5) is 20.8.